The van der Waals surface area contributed by atoms with E-state index in [2.05, 4.69) is 21.2 Å². The second kappa shape index (κ2) is 6.77. The minimum absolute atomic E-state index is 0.215. The predicted octanol–water partition coefficient (Wildman–Crippen LogP) is 4.75. The van der Waals surface area contributed by atoms with Gasteiger partial charge in [0.05, 0.1) is 11.6 Å². The first kappa shape index (κ1) is 14.9. The highest BCUT2D eigenvalue weighted by molar-refractivity contribution is 9.10. The lowest BCUT2D eigenvalue weighted by Gasteiger charge is -2.09. The zero-order valence-electron chi connectivity index (χ0n) is 10.8. The molecule has 0 heterocycles. The summed E-state index contributed by atoms with van der Waals surface area (Å²) in [6, 6.07) is 12.4. The van der Waals surface area contributed by atoms with Gasteiger partial charge in [-0.15, -0.1) is 0 Å². The highest BCUT2D eigenvalue weighted by Crippen LogP contribution is 2.26. The minimum atomic E-state index is -0.215. The molecule has 2 rings (SSSR count). The molecule has 2 aromatic rings. The van der Waals surface area contributed by atoms with Gasteiger partial charge in [-0.05, 0) is 43.3 Å². The van der Waals surface area contributed by atoms with Crippen LogP contribution in [0.2, 0.25) is 5.02 Å². The first-order chi connectivity index (χ1) is 9.60. The molecule has 20 heavy (non-hydrogen) atoms. The third kappa shape index (κ3) is 3.74. The smallest absolute Gasteiger partial charge is 0.255 e. The third-order valence-corrected chi connectivity index (χ3v) is 3.37. The predicted molar refractivity (Wildman–Crippen MR) is 84.7 cm³/mol. The Bertz CT molecular complexity index is 631. The highest BCUT2D eigenvalue weighted by Gasteiger charge is 2.09. The fraction of sp³-hybridized carbons (Fsp3) is 0.133. The topological polar surface area (TPSA) is 38.3 Å². The number of benzene rings is 2. The molecule has 0 aliphatic heterocycles. The van der Waals surface area contributed by atoms with Crippen LogP contribution in [-0.4, -0.2) is 12.5 Å². The maximum Gasteiger partial charge on any atom is 0.255 e. The molecule has 0 aliphatic rings. The lowest BCUT2D eigenvalue weighted by molar-refractivity contribution is 0.102. The average molecular weight is 355 g/mol. The molecule has 0 spiro atoms. The SMILES string of the molecule is CCOc1ccc(C(=O)Nc2cccc(Br)c2)cc1Cl. The molecular formula is C15H13BrClNO2. The van der Waals surface area contributed by atoms with Gasteiger partial charge >= 0.3 is 0 Å². The molecule has 0 aromatic heterocycles. The van der Waals surface area contributed by atoms with E-state index in [4.69, 9.17) is 16.3 Å². The first-order valence-corrected chi connectivity index (χ1v) is 7.26. The number of amides is 1. The zero-order chi connectivity index (χ0) is 14.5. The van der Waals surface area contributed by atoms with Crippen LogP contribution in [0.3, 0.4) is 0 Å². The van der Waals surface area contributed by atoms with Gasteiger partial charge in [0.25, 0.3) is 5.91 Å². The standard InChI is InChI=1S/C15H13BrClNO2/c1-2-20-14-7-6-10(8-13(14)17)15(19)18-12-5-3-4-11(16)9-12/h3-9H,2H2,1H3,(H,18,19). The van der Waals surface area contributed by atoms with E-state index < -0.39 is 0 Å². The molecule has 3 nitrogen and oxygen atoms in total. The molecular weight excluding hydrogens is 342 g/mol. The Kier molecular flexibility index (Phi) is 5.04. The second-order valence-corrected chi connectivity index (χ2v) is 5.37. The molecule has 1 amide bonds. The van der Waals surface area contributed by atoms with Crippen molar-refractivity contribution >= 4 is 39.1 Å². The van der Waals surface area contributed by atoms with Crippen LogP contribution in [0.15, 0.2) is 46.9 Å². The van der Waals surface area contributed by atoms with Gasteiger partial charge in [0.1, 0.15) is 5.75 Å². The van der Waals surface area contributed by atoms with Gasteiger partial charge in [0.15, 0.2) is 0 Å². The van der Waals surface area contributed by atoms with Crippen molar-refractivity contribution in [1.82, 2.24) is 0 Å². The summed E-state index contributed by atoms with van der Waals surface area (Å²) in [5, 5.41) is 3.23. The normalized spacial score (nSPS) is 10.2. The zero-order valence-corrected chi connectivity index (χ0v) is 13.2. The summed E-state index contributed by atoms with van der Waals surface area (Å²) in [5.41, 5.74) is 1.20. The van der Waals surface area contributed by atoms with Crippen LogP contribution in [0.5, 0.6) is 5.75 Å². The Balaban J connectivity index is 2.15. The molecule has 0 bridgehead atoms. The van der Waals surface area contributed by atoms with E-state index >= 15 is 0 Å². The van der Waals surface area contributed by atoms with Crippen molar-refractivity contribution in [3.05, 3.63) is 57.5 Å². The Morgan fingerprint density at radius 2 is 2.10 bits per heavy atom. The molecule has 2 aromatic carbocycles. The number of carbonyl (C=O) groups excluding carboxylic acids is 1. The molecule has 1 N–H and O–H groups in total. The summed E-state index contributed by atoms with van der Waals surface area (Å²) < 4.78 is 6.24. The number of hydrogen-bond donors (Lipinski definition) is 1. The van der Waals surface area contributed by atoms with Crippen molar-refractivity contribution in [2.24, 2.45) is 0 Å². The number of carbonyl (C=O) groups is 1. The van der Waals surface area contributed by atoms with E-state index in [1.165, 1.54) is 0 Å². The summed E-state index contributed by atoms with van der Waals surface area (Å²) in [5.74, 6) is 0.362. The van der Waals surface area contributed by atoms with Gasteiger partial charge in [-0.2, -0.15) is 0 Å². The minimum Gasteiger partial charge on any atom is -0.492 e. The molecule has 0 aliphatic carbocycles. The van der Waals surface area contributed by atoms with Crippen molar-refractivity contribution < 1.29 is 9.53 Å². The third-order valence-electron chi connectivity index (χ3n) is 2.58. The number of rotatable bonds is 4. The number of halogens is 2. The van der Waals surface area contributed by atoms with Crippen LogP contribution >= 0.6 is 27.5 Å². The van der Waals surface area contributed by atoms with Crippen molar-refractivity contribution in [3.63, 3.8) is 0 Å². The second-order valence-electron chi connectivity index (χ2n) is 4.04. The van der Waals surface area contributed by atoms with E-state index in [1.807, 2.05) is 31.2 Å². The number of ether oxygens (including phenoxy) is 1. The van der Waals surface area contributed by atoms with Crippen molar-refractivity contribution in [2.45, 2.75) is 6.92 Å². The summed E-state index contributed by atoms with van der Waals surface area (Å²) in [7, 11) is 0. The van der Waals surface area contributed by atoms with Crippen LogP contribution < -0.4 is 10.1 Å². The van der Waals surface area contributed by atoms with Gasteiger partial charge in [0.2, 0.25) is 0 Å². The maximum atomic E-state index is 12.1. The molecule has 0 unspecified atom stereocenters. The Morgan fingerprint density at radius 1 is 1.30 bits per heavy atom. The summed E-state index contributed by atoms with van der Waals surface area (Å²) in [4.78, 5) is 12.1. The van der Waals surface area contributed by atoms with Crippen LogP contribution in [-0.2, 0) is 0 Å². The number of hydrogen-bond acceptors (Lipinski definition) is 2. The lowest BCUT2D eigenvalue weighted by atomic mass is 10.2. The van der Waals surface area contributed by atoms with E-state index in [0.29, 0.717) is 22.9 Å². The summed E-state index contributed by atoms with van der Waals surface area (Å²) in [6.45, 7) is 2.41. The van der Waals surface area contributed by atoms with Crippen molar-refractivity contribution in [3.8, 4) is 5.75 Å². The molecule has 0 fully saturated rings. The highest BCUT2D eigenvalue weighted by atomic mass is 79.9. The lowest BCUT2D eigenvalue weighted by Crippen LogP contribution is -2.11. The van der Waals surface area contributed by atoms with E-state index in [-0.39, 0.29) is 5.91 Å². The molecule has 0 atom stereocenters. The largest absolute Gasteiger partial charge is 0.492 e. The Labute approximate surface area is 131 Å². The fourth-order valence-corrected chi connectivity index (χ4v) is 2.32. The average Bonchev–Trinajstić information content (AvgIpc) is 2.41. The van der Waals surface area contributed by atoms with Crippen molar-refractivity contribution in [1.29, 1.82) is 0 Å². The Hall–Kier alpha value is -1.52. The molecule has 104 valence electrons. The maximum absolute atomic E-state index is 12.1. The van der Waals surface area contributed by atoms with Crippen molar-refractivity contribution in [2.75, 3.05) is 11.9 Å². The monoisotopic (exact) mass is 353 g/mol. The van der Waals surface area contributed by atoms with E-state index in [9.17, 15) is 4.79 Å². The number of anilines is 1. The molecule has 0 radical (unpaired) electrons. The van der Waals surface area contributed by atoms with Crippen LogP contribution in [0.4, 0.5) is 5.69 Å². The molecule has 0 saturated carbocycles. The summed E-state index contributed by atoms with van der Waals surface area (Å²) in [6.07, 6.45) is 0. The quantitative estimate of drug-likeness (QED) is 0.860. The van der Waals surface area contributed by atoms with Crippen LogP contribution in [0.25, 0.3) is 0 Å². The van der Waals surface area contributed by atoms with Gasteiger partial charge in [-0.3, -0.25) is 4.79 Å². The Morgan fingerprint density at radius 3 is 2.75 bits per heavy atom. The van der Waals surface area contributed by atoms with E-state index in [1.54, 1.807) is 18.2 Å². The van der Waals surface area contributed by atoms with Crippen LogP contribution in [0.1, 0.15) is 17.3 Å². The van der Waals surface area contributed by atoms with Gasteiger partial charge in [0, 0.05) is 15.7 Å². The van der Waals surface area contributed by atoms with Gasteiger partial charge in [-0.25, -0.2) is 0 Å². The number of nitrogens with one attached hydrogen (secondary N) is 1. The fourth-order valence-electron chi connectivity index (χ4n) is 1.68. The van der Waals surface area contributed by atoms with Gasteiger partial charge in [-0.1, -0.05) is 33.6 Å². The van der Waals surface area contributed by atoms with Gasteiger partial charge < -0.3 is 10.1 Å². The first-order valence-electron chi connectivity index (χ1n) is 6.09. The van der Waals surface area contributed by atoms with E-state index in [0.717, 1.165) is 10.2 Å². The molecule has 0 saturated heterocycles. The summed E-state index contributed by atoms with van der Waals surface area (Å²) >= 11 is 9.43. The van der Waals surface area contributed by atoms with Crippen LogP contribution in [0, 0.1) is 0 Å². The molecule has 5 heteroatoms.